The van der Waals surface area contributed by atoms with Gasteiger partial charge in [0, 0.05) is 31.0 Å². The van der Waals surface area contributed by atoms with Crippen molar-refractivity contribution in [1.82, 2.24) is 15.2 Å². The summed E-state index contributed by atoms with van der Waals surface area (Å²) in [6.07, 6.45) is 3.74. The second kappa shape index (κ2) is 6.56. The van der Waals surface area contributed by atoms with Gasteiger partial charge in [-0.15, -0.1) is 0 Å². The van der Waals surface area contributed by atoms with Gasteiger partial charge in [0.25, 0.3) is 5.91 Å². The third-order valence-electron chi connectivity index (χ3n) is 4.25. The second-order valence-corrected chi connectivity index (χ2v) is 6.39. The number of carbonyl (C=O) groups excluding carboxylic acids is 1. The van der Waals surface area contributed by atoms with Gasteiger partial charge in [0.2, 0.25) is 0 Å². The Morgan fingerprint density at radius 3 is 2.87 bits per heavy atom. The van der Waals surface area contributed by atoms with Crippen LogP contribution in [-0.2, 0) is 6.42 Å². The van der Waals surface area contributed by atoms with Crippen LogP contribution in [-0.4, -0.2) is 27.7 Å². The SMILES string of the molecule is CCCc1cc(C2CCCN2C(=O)c2cc(C(C)C)on2)no1. The first-order valence-electron chi connectivity index (χ1n) is 8.33. The van der Waals surface area contributed by atoms with Crippen LogP contribution < -0.4 is 0 Å². The molecule has 1 fully saturated rings. The molecular weight excluding hydrogens is 294 g/mol. The fourth-order valence-corrected chi connectivity index (χ4v) is 2.98. The lowest BCUT2D eigenvalue weighted by atomic mass is 10.1. The Labute approximate surface area is 135 Å². The van der Waals surface area contributed by atoms with Crippen LogP contribution in [0.3, 0.4) is 0 Å². The number of hydrogen-bond acceptors (Lipinski definition) is 5. The van der Waals surface area contributed by atoms with Gasteiger partial charge in [-0.05, 0) is 19.3 Å². The van der Waals surface area contributed by atoms with Crippen molar-refractivity contribution in [3.63, 3.8) is 0 Å². The van der Waals surface area contributed by atoms with E-state index in [1.165, 1.54) is 0 Å². The van der Waals surface area contributed by atoms with Crippen molar-refractivity contribution in [2.45, 2.75) is 58.4 Å². The third-order valence-corrected chi connectivity index (χ3v) is 4.25. The Balaban J connectivity index is 1.78. The molecule has 3 heterocycles. The Morgan fingerprint density at radius 2 is 2.17 bits per heavy atom. The standard InChI is InChI=1S/C17H23N3O3/c1-4-6-12-9-13(18-22-12)15-7-5-8-20(15)17(21)14-10-16(11(2)3)23-19-14/h9-11,15H,4-8H2,1-3H3. The van der Waals surface area contributed by atoms with E-state index in [0.29, 0.717) is 12.2 Å². The number of nitrogens with zero attached hydrogens (tertiary/aromatic N) is 3. The number of likely N-dealkylation sites (tertiary alicyclic amines) is 1. The van der Waals surface area contributed by atoms with E-state index in [-0.39, 0.29) is 17.9 Å². The topological polar surface area (TPSA) is 72.4 Å². The molecule has 1 atom stereocenters. The zero-order valence-corrected chi connectivity index (χ0v) is 13.9. The molecule has 0 spiro atoms. The highest BCUT2D eigenvalue weighted by Gasteiger charge is 2.34. The fourth-order valence-electron chi connectivity index (χ4n) is 2.98. The Morgan fingerprint density at radius 1 is 1.35 bits per heavy atom. The van der Waals surface area contributed by atoms with Gasteiger partial charge < -0.3 is 13.9 Å². The first-order valence-corrected chi connectivity index (χ1v) is 8.33. The van der Waals surface area contributed by atoms with Crippen molar-refractivity contribution in [1.29, 1.82) is 0 Å². The first kappa shape index (κ1) is 15.8. The molecule has 0 radical (unpaired) electrons. The number of amides is 1. The molecule has 23 heavy (non-hydrogen) atoms. The van der Waals surface area contributed by atoms with Crippen LogP contribution in [0.4, 0.5) is 0 Å². The predicted octanol–water partition coefficient (Wildman–Crippen LogP) is 3.72. The average molecular weight is 317 g/mol. The van der Waals surface area contributed by atoms with Crippen molar-refractivity contribution in [2.24, 2.45) is 0 Å². The van der Waals surface area contributed by atoms with Crippen molar-refractivity contribution >= 4 is 5.91 Å². The van der Waals surface area contributed by atoms with E-state index in [2.05, 4.69) is 17.2 Å². The molecule has 0 N–H and O–H groups in total. The number of carbonyl (C=O) groups is 1. The minimum Gasteiger partial charge on any atom is -0.361 e. The Bertz CT molecular complexity index is 674. The monoisotopic (exact) mass is 317 g/mol. The lowest BCUT2D eigenvalue weighted by Crippen LogP contribution is -2.30. The summed E-state index contributed by atoms with van der Waals surface area (Å²) in [5.41, 5.74) is 1.21. The van der Waals surface area contributed by atoms with Crippen LogP contribution in [0.15, 0.2) is 21.2 Å². The van der Waals surface area contributed by atoms with Gasteiger partial charge in [0.05, 0.1) is 6.04 Å². The molecule has 0 aromatic carbocycles. The maximum absolute atomic E-state index is 12.7. The average Bonchev–Trinajstić information content (AvgIpc) is 3.26. The molecule has 1 aliphatic rings. The van der Waals surface area contributed by atoms with Crippen molar-refractivity contribution in [3.8, 4) is 0 Å². The highest BCUT2D eigenvalue weighted by atomic mass is 16.5. The van der Waals surface area contributed by atoms with Crippen LogP contribution in [0.1, 0.15) is 79.7 Å². The predicted molar refractivity (Wildman–Crippen MR) is 84.1 cm³/mol. The lowest BCUT2D eigenvalue weighted by molar-refractivity contribution is 0.0720. The number of hydrogen-bond donors (Lipinski definition) is 0. The summed E-state index contributed by atoms with van der Waals surface area (Å²) in [5, 5.41) is 8.10. The van der Waals surface area contributed by atoms with E-state index in [4.69, 9.17) is 9.05 Å². The normalized spacial score (nSPS) is 18.1. The van der Waals surface area contributed by atoms with Gasteiger partial charge in [-0.25, -0.2) is 0 Å². The van der Waals surface area contributed by atoms with E-state index in [1.807, 2.05) is 24.8 Å². The summed E-state index contributed by atoms with van der Waals surface area (Å²) >= 11 is 0. The molecule has 1 aliphatic heterocycles. The third kappa shape index (κ3) is 3.16. The summed E-state index contributed by atoms with van der Waals surface area (Å²) in [6, 6.07) is 3.69. The zero-order chi connectivity index (χ0) is 16.4. The summed E-state index contributed by atoms with van der Waals surface area (Å²) in [4.78, 5) is 14.6. The molecule has 0 bridgehead atoms. The van der Waals surface area contributed by atoms with E-state index >= 15 is 0 Å². The van der Waals surface area contributed by atoms with Crippen LogP contribution >= 0.6 is 0 Å². The van der Waals surface area contributed by atoms with E-state index in [0.717, 1.165) is 42.9 Å². The molecule has 1 saturated heterocycles. The molecule has 6 nitrogen and oxygen atoms in total. The smallest absolute Gasteiger partial charge is 0.276 e. The van der Waals surface area contributed by atoms with Gasteiger partial charge in [0.1, 0.15) is 17.2 Å². The molecule has 3 rings (SSSR count). The largest absolute Gasteiger partial charge is 0.361 e. The quantitative estimate of drug-likeness (QED) is 0.840. The van der Waals surface area contributed by atoms with E-state index < -0.39 is 0 Å². The van der Waals surface area contributed by atoms with Crippen LogP contribution in [0.25, 0.3) is 0 Å². The molecule has 124 valence electrons. The van der Waals surface area contributed by atoms with Crippen LogP contribution in [0, 0.1) is 0 Å². The molecule has 1 unspecified atom stereocenters. The molecular formula is C17H23N3O3. The van der Waals surface area contributed by atoms with Gasteiger partial charge in [-0.1, -0.05) is 31.1 Å². The second-order valence-electron chi connectivity index (χ2n) is 6.39. The summed E-state index contributed by atoms with van der Waals surface area (Å²) in [7, 11) is 0. The van der Waals surface area contributed by atoms with Gasteiger partial charge in [-0.2, -0.15) is 0 Å². The van der Waals surface area contributed by atoms with Gasteiger partial charge >= 0.3 is 0 Å². The summed E-state index contributed by atoms with van der Waals surface area (Å²) < 4.78 is 10.6. The highest BCUT2D eigenvalue weighted by molar-refractivity contribution is 5.92. The molecule has 2 aromatic rings. The fraction of sp³-hybridized carbons (Fsp3) is 0.588. The maximum atomic E-state index is 12.7. The Hall–Kier alpha value is -2.11. The number of aryl methyl sites for hydroxylation is 1. The van der Waals surface area contributed by atoms with Crippen molar-refractivity contribution in [3.05, 3.63) is 35.0 Å². The number of aromatic nitrogens is 2. The summed E-state index contributed by atoms with van der Waals surface area (Å²) in [6.45, 7) is 6.84. The van der Waals surface area contributed by atoms with Crippen LogP contribution in [0.2, 0.25) is 0 Å². The Kier molecular flexibility index (Phi) is 4.50. The maximum Gasteiger partial charge on any atom is 0.276 e. The molecule has 0 saturated carbocycles. The number of rotatable bonds is 5. The molecule has 6 heteroatoms. The van der Waals surface area contributed by atoms with Crippen molar-refractivity contribution < 1.29 is 13.8 Å². The molecule has 2 aromatic heterocycles. The minimum absolute atomic E-state index is 0.0314. The van der Waals surface area contributed by atoms with Crippen molar-refractivity contribution in [2.75, 3.05) is 6.54 Å². The van der Waals surface area contributed by atoms with E-state index in [1.54, 1.807) is 6.07 Å². The van der Waals surface area contributed by atoms with Gasteiger partial charge in [-0.3, -0.25) is 4.79 Å². The van der Waals surface area contributed by atoms with Gasteiger partial charge in [0.15, 0.2) is 5.69 Å². The minimum atomic E-state index is -0.0943. The zero-order valence-electron chi connectivity index (χ0n) is 13.9. The van der Waals surface area contributed by atoms with Crippen LogP contribution in [0.5, 0.6) is 0 Å². The highest BCUT2D eigenvalue weighted by Crippen LogP contribution is 2.33. The first-order chi connectivity index (χ1) is 11.1. The van der Waals surface area contributed by atoms with E-state index in [9.17, 15) is 4.79 Å². The summed E-state index contributed by atoms with van der Waals surface area (Å²) in [5.74, 6) is 1.73. The molecule has 1 amide bonds. The molecule has 0 aliphatic carbocycles. The lowest BCUT2D eigenvalue weighted by Gasteiger charge is -2.21.